The van der Waals surface area contributed by atoms with Gasteiger partial charge in [0.25, 0.3) is 0 Å². The minimum Gasteiger partial charge on any atom is -0.493 e. The van der Waals surface area contributed by atoms with Crippen molar-refractivity contribution in [3.05, 3.63) is 46.6 Å². The molecule has 0 saturated carbocycles. The van der Waals surface area contributed by atoms with Gasteiger partial charge >= 0.3 is 0 Å². The first-order valence-electron chi connectivity index (χ1n) is 7.26. The Balaban J connectivity index is 2.19. The molecule has 5 nitrogen and oxygen atoms in total. The van der Waals surface area contributed by atoms with Crippen molar-refractivity contribution < 1.29 is 14.3 Å². The van der Waals surface area contributed by atoms with Gasteiger partial charge in [-0.2, -0.15) is 5.26 Å². The number of aryl methyl sites for hydroxylation is 2. The number of carbonyl (C=O) groups is 1. The molecule has 124 valence electrons. The highest BCUT2D eigenvalue weighted by molar-refractivity contribution is 8.00. The number of pyridine rings is 1. The second-order valence-corrected chi connectivity index (χ2v) is 6.12. The van der Waals surface area contributed by atoms with Crippen LogP contribution in [0.5, 0.6) is 11.5 Å². The maximum atomic E-state index is 12.4. The van der Waals surface area contributed by atoms with E-state index in [1.165, 1.54) is 18.9 Å². The molecular weight excluding hydrogens is 324 g/mol. The van der Waals surface area contributed by atoms with E-state index in [9.17, 15) is 10.1 Å². The monoisotopic (exact) mass is 342 g/mol. The first kappa shape index (κ1) is 17.8. The Kier molecular flexibility index (Phi) is 5.83. The van der Waals surface area contributed by atoms with E-state index in [1.54, 1.807) is 25.3 Å². The number of ether oxygens (including phenoxy) is 2. The number of methoxy groups -OCH3 is 2. The van der Waals surface area contributed by atoms with Gasteiger partial charge < -0.3 is 9.47 Å². The molecule has 0 aliphatic heterocycles. The van der Waals surface area contributed by atoms with Gasteiger partial charge in [0.15, 0.2) is 17.3 Å². The Hall–Kier alpha value is -2.52. The fourth-order valence-corrected chi connectivity index (χ4v) is 3.26. The first-order valence-corrected chi connectivity index (χ1v) is 8.25. The summed E-state index contributed by atoms with van der Waals surface area (Å²) in [5.74, 6) is 1.21. The molecule has 1 aromatic heterocycles. The largest absolute Gasteiger partial charge is 0.493 e. The second kappa shape index (κ2) is 7.84. The molecule has 0 bridgehead atoms. The predicted octanol–water partition coefficient (Wildman–Crippen LogP) is 3.56. The number of carbonyl (C=O) groups excluding carboxylic acids is 1. The molecule has 0 amide bonds. The molecule has 2 aromatic rings. The number of hydrogen-bond acceptors (Lipinski definition) is 6. The molecule has 6 heteroatoms. The molecule has 0 fully saturated rings. The van der Waals surface area contributed by atoms with E-state index in [0.717, 1.165) is 11.3 Å². The van der Waals surface area contributed by atoms with Crippen LogP contribution >= 0.6 is 11.8 Å². The van der Waals surface area contributed by atoms with Crippen molar-refractivity contribution in [1.29, 1.82) is 5.26 Å². The summed E-state index contributed by atoms with van der Waals surface area (Å²) >= 11 is 1.27. The molecule has 0 N–H and O–H groups in total. The Labute approximate surface area is 145 Å². The maximum absolute atomic E-state index is 12.4. The fraction of sp³-hybridized carbons (Fsp3) is 0.278. The average Bonchev–Trinajstić information content (AvgIpc) is 2.58. The lowest BCUT2D eigenvalue weighted by molar-refractivity contribution is 0.102. The van der Waals surface area contributed by atoms with Gasteiger partial charge in [0.1, 0.15) is 11.1 Å². The van der Waals surface area contributed by atoms with Crippen molar-refractivity contribution in [2.45, 2.75) is 18.9 Å². The summed E-state index contributed by atoms with van der Waals surface area (Å²) in [5.41, 5.74) is 2.74. The lowest BCUT2D eigenvalue weighted by Crippen LogP contribution is -2.05. The average molecular weight is 342 g/mol. The van der Waals surface area contributed by atoms with E-state index < -0.39 is 0 Å². The van der Waals surface area contributed by atoms with Gasteiger partial charge in [-0.3, -0.25) is 4.79 Å². The van der Waals surface area contributed by atoms with Crippen molar-refractivity contribution in [3.63, 3.8) is 0 Å². The van der Waals surface area contributed by atoms with E-state index >= 15 is 0 Å². The minimum absolute atomic E-state index is 0.0641. The molecule has 2 rings (SSSR count). The number of nitriles is 1. The Bertz CT molecular complexity index is 813. The van der Waals surface area contributed by atoms with Crippen LogP contribution in [-0.4, -0.2) is 30.7 Å². The van der Waals surface area contributed by atoms with Crippen molar-refractivity contribution in [3.8, 4) is 17.6 Å². The lowest BCUT2D eigenvalue weighted by atomic mass is 10.1. The molecule has 1 aromatic carbocycles. The van der Waals surface area contributed by atoms with Crippen molar-refractivity contribution in [2.75, 3.05) is 20.0 Å². The Morgan fingerprint density at radius 1 is 1.21 bits per heavy atom. The molecule has 0 radical (unpaired) electrons. The second-order valence-electron chi connectivity index (χ2n) is 5.15. The summed E-state index contributed by atoms with van der Waals surface area (Å²) in [6, 6.07) is 9.07. The van der Waals surface area contributed by atoms with Crippen LogP contribution in [0.25, 0.3) is 0 Å². The van der Waals surface area contributed by atoms with E-state index in [2.05, 4.69) is 11.1 Å². The summed E-state index contributed by atoms with van der Waals surface area (Å²) in [5, 5.41) is 9.87. The van der Waals surface area contributed by atoms with Gasteiger partial charge in [-0.15, -0.1) is 0 Å². The van der Waals surface area contributed by atoms with E-state index in [-0.39, 0.29) is 11.5 Å². The molecule has 24 heavy (non-hydrogen) atoms. The highest BCUT2D eigenvalue weighted by Crippen LogP contribution is 2.29. The van der Waals surface area contributed by atoms with Gasteiger partial charge in [0.05, 0.1) is 25.5 Å². The quantitative estimate of drug-likeness (QED) is 0.590. The van der Waals surface area contributed by atoms with E-state index in [1.807, 2.05) is 19.9 Å². The summed E-state index contributed by atoms with van der Waals surface area (Å²) in [6.07, 6.45) is 0. The molecule has 1 heterocycles. The number of Topliss-reactive ketones (excluding diaryl/α,β-unsaturated/α-hetero) is 1. The molecular formula is C18H18N2O3S. The number of hydrogen-bond donors (Lipinski definition) is 0. The number of rotatable bonds is 6. The summed E-state index contributed by atoms with van der Waals surface area (Å²) in [6.45, 7) is 3.74. The number of thioether (sulfide) groups is 1. The van der Waals surface area contributed by atoms with Crippen LogP contribution in [0.3, 0.4) is 0 Å². The van der Waals surface area contributed by atoms with Gasteiger partial charge in [0.2, 0.25) is 0 Å². The summed E-state index contributed by atoms with van der Waals surface area (Å²) < 4.78 is 10.4. The van der Waals surface area contributed by atoms with Gasteiger partial charge in [0, 0.05) is 11.3 Å². The van der Waals surface area contributed by atoms with Crippen LogP contribution in [0.4, 0.5) is 0 Å². The first-order chi connectivity index (χ1) is 11.5. The highest BCUT2D eigenvalue weighted by atomic mass is 32.2. The number of nitrogens with zero attached hydrogens (tertiary/aromatic N) is 2. The number of aromatic nitrogens is 1. The van der Waals surface area contributed by atoms with Crippen molar-refractivity contribution in [1.82, 2.24) is 4.98 Å². The third kappa shape index (κ3) is 3.87. The lowest BCUT2D eigenvalue weighted by Gasteiger charge is -2.10. The van der Waals surface area contributed by atoms with E-state index in [4.69, 9.17) is 9.47 Å². The Morgan fingerprint density at radius 2 is 1.92 bits per heavy atom. The van der Waals surface area contributed by atoms with Gasteiger partial charge in [-0.1, -0.05) is 11.8 Å². The normalized spacial score (nSPS) is 10.1. The molecule has 0 saturated heterocycles. The fourth-order valence-electron chi connectivity index (χ4n) is 2.27. The minimum atomic E-state index is -0.0641. The van der Waals surface area contributed by atoms with Crippen LogP contribution in [0.2, 0.25) is 0 Å². The van der Waals surface area contributed by atoms with Crippen LogP contribution in [0.15, 0.2) is 29.3 Å². The topological polar surface area (TPSA) is 72.2 Å². The summed E-state index contributed by atoms with van der Waals surface area (Å²) in [7, 11) is 3.07. The zero-order chi connectivity index (χ0) is 17.7. The molecule has 0 atom stereocenters. The number of benzene rings is 1. The molecule has 0 unspecified atom stereocenters. The zero-order valence-electron chi connectivity index (χ0n) is 14.0. The molecule has 0 aliphatic carbocycles. The zero-order valence-corrected chi connectivity index (χ0v) is 14.9. The molecule has 0 spiro atoms. The standard InChI is InChI=1S/C18H18N2O3S/c1-11-7-12(2)20-18(14(11)9-19)24-10-15(21)13-5-6-16(22-3)17(8-13)23-4/h5-8H,10H2,1-4H3. The number of ketones is 1. The predicted molar refractivity (Wildman–Crippen MR) is 93.0 cm³/mol. The van der Waals surface area contributed by atoms with Crippen LogP contribution < -0.4 is 9.47 Å². The molecule has 0 aliphatic rings. The summed E-state index contributed by atoms with van der Waals surface area (Å²) in [4.78, 5) is 16.8. The van der Waals surface area contributed by atoms with E-state index in [0.29, 0.717) is 27.7 Å². The third-order valence-corrected chi connectivity index (χ3v) is 4.44. The SMILES string of the molecule is COc1ccc(C(=O)CSc2nc(C)cc(C)c2C#N)cc1OC. The van der Waals surface area contributed by atoms with Crippen LogP contribution in [0.1, 0.15) is 27.2 Å². The van der Waals surface area contributed by atoms with Crippen LogP contribution in [-0.2, 0) is 0 Å². The van der Waals surface area contributed by atoms with Crippen molar-refractivity contribution in [2.24, 2.45) is 0 Å². The smallest absolute Gasteiger partial charge is 0.173 e. The Morgan fingerprint density at radius 3 is 2.54 bits per heavy atom. The third-order valence-electron chi connectivity index (χ3n) is 3.47. The van der Waals surface area contributed by atoms with Crippen molar-refractivity contribution >= 4 is 17.5 Å². The van der Waals surface area contributed by atoms with Gasteiger partial charge in [-0.05, 0) is 43.7 Å². The van der Waals surface area contributed by atoms with Gasteiger partial charge in [-0.25, -0.2) is 4.98 Å². The highest BCUT2D eigenvalue weighted by Gasteiger charge is 2.14. The van der Waals surface area contributed by atoms with Crippen LogP contribution in [0, 0.1) is 25.2 Å². The maximum Gasteiger partial charge on any atom is 0.173 e.